The van der Waals surface area contributed by atoms with Crippen molar-refractivity contribution in [2.24, 2.45) is 0 Å². The Morgan fingerprint density at radius 2 is 2.40 bits per heavy atom. The summed E-state index contributed by atoms with van der Waals surface area (Å²) in [5, 5.41) is 6.00. The minimum Gasteiger partial charge on any atom is -0.430 e. The first-order chi connectivity index (χ1) is 7.25. The molecular formula is C10H12N2O3. The van der Waals surface area contributed by atoms with Gasteiger partial charge in [-0.1, -0.05) is 0 Å². The van der Waals surface area contributed by atoms with E-state index >= 15 is 0 Å². The molecule has 2 rings (SSSR count). The maximum absolute atomic E-state index is 11.6. The molecule has 5 nitrogen and oxygen atoms in total. The van der Waals surface area contributed by atoms with E-state index in [0.717, 1.165) is 19.5 Å². The summed E-state index contributed by atoms with van der Waals surface area (Å²) >= 11 is 0. The summed E-state index contributed by atoms with van der Waals surface area (Å²) in [4.78, 5) is 22.3. The van der Waals surface area contributed by atoms with Crippen LogP contribution in [0.25, 0.3) is 0 Å². The van der Waals surface area contributed by atoms with Crippen LogP contribution in [0.2, 0.25) is 0 Å². The fourth-order valence-electron chi connectivity index (χ4n) is 1.53. The van der Waals surface area contributed by atoms with E-state index in [4.69, 9.17) is 0 Å². The molecule has 15 heavy (non-hydrogen) atoms. The van der Waals surface area contributed by atoms with Crippen LogP contribution in [0.15, 0.2) is 27.6 Å². The molecule has 1 aliphatic rings. The topological polar surface area (TPSA) is 71.3 Å². The van der Waals surface area contributed by atoms with E-state index in [1.165, 1.54) is 18.4 Å². The Balaban J connectivity index is 2.01. The number of hydrogen-bond acceptors (Lipinski definition) is 4. The molecule has 1 saturated heterocycles. The fraction of sp³-hybridized carbons (Fsp3) is 0.400. The molecule has 2 N–H and O–H groups in total. The first kappa shape index (κ1) is 9.92. The summed E-state index contributed by atoms with van der Waals surface area (Å²) in [5.41, 5.74) is -0.0735. The lowest BCUT2D eigenvalue weighted by atomic mass is 10.2. The lowest BCUT2D eigenvalue weighted by molar-refractivity contribution is 0.0937. The molecule has 2 heterocycles. The number of amides is 1. The highest BCUT2D eigenvalue weighted by molar-refractivity contribution is 5.93. The van der Waals surface area contributed by atoms with Gasteiger partial charge in [0.05, 0.1) is 5.56 Å². The third-order valence-corrected chi connectivity index (χ3v) is 2.36. The fourth-order valence-corrected chi connectivity index (χ4v) is 1.53. The number of carbonyl (C=O) groups excluding carboxylic acids is 1. The molecule has 1 atom stereocenters. The lowest BCUT2D eigenvalue weighted by Gasteiger charge is -2.10. The van der Waals surface area contributed by atoms with E-state index in [1.54, 1.807) is 0 Å². The highest BCUT2D eigenvalue weighted by Gasteiger charge is 2.17. The van der Waals surface area contributed by atoms with Crippen LogP contribution in [0.1, 0.15) is 16.8 Å². The zero-order chi connectivity index (χ0) is 10.7. The summed E-state index contributed by atoms with van der Waals surface area (Å²) in [6, 6.07) is 2.87. The SMILES string of the molecule is O=C(N[C@H]1CCNC1)c1ccc(=O)oc1. The number of hydrogen-bond donors (Lipinski definition) is 2. The van der Waals surface area contributed by atoms with E-state index in [0.29, 0.717) is 5.56 Å². The first-order valence-electron chi connectivity index (χ1n) is 4.86. The van der Waals surface area contributed by atoms with Gasteiger partial charge in [0.25, 0.3) is 5.91 Å². The monoisotopic (exact) mass is 208 g/mol. The molecule has 1 amide bonds. The van der Waals surface area contributed by atoms with Crippen molar-refractivity contribution < 1.29 is 9.21 Å². The maximum atomic E-state index is 11.6. The number of carbonyl (C=O) groups is 1. The van der Waals surface area contributed by atoms with Gasteiger partial charge >= 0.3 is 5.63 Å². The van der Waals surface area contributed by atoms with Crippen molar-refractivity contribution in [3.05, 3.63) is 34.4 Å². The van der Waals surface area contributed by atoms with Crippen LogP contribution in [0.5, 0.6) is 0 Å². The molecule has 80 valence electrons. The average molecular weight is 208 g/mol. The Bertz CT molecular complexity index is 387. The van der Waals surface area contributed by atoms with Gasteiger partial charge in [-0.15, -0.1) is 0 Å². The molecule has 0 unspecified atom stereocenters. The molecule has 5 heteroatoms. The zero-order valence-electron chi connectivity index (χ0n) is 8.16. The van der Waals surface area contributed by atoms with Crippen LogP contribution < -0.4 is 16.3 Å². The van der Waals surface area contributed by atoms with Crippen molar-refractivity contribution in [1.29, 1.82) is 0 Å². The van der Waals surface area contributed by atoms with Gasteiger partial charge in [0, 0.05) is 18.7 Å². The second-order valence-corrected chi connectivity index (χ2v) is 3.51. The van der Waals surface area contributed by atoms with Gasteiger partial charge in [-0.25, -0.2) is 4.79 Å². The molecule has 1 fully saturated rings. The highest BCUT2D eigenvalue weighted by atomic mass is 16.4. The van der Waals surface area contributed by atoms with Crippen molar-refractivity contribution in [2.75, 3.05) is 13.1 Å². The molecule has 0 spiro atoms. The van der Waals surface area contributed by atoms with Crippen LogP contribution in [-0.2, 0) is 0 Å². The summed E-state index contributed by atoms with van der Waals surface area (Å²) in [5.74, 6) is -0.201. The summed E-state index contributed by atoms with van der Waals surface area (Å²) in [6.45, 7) is 1.72. The van der Waals surface area contributed by atoms with Crippen LogP contribution in [-0.4, -0.2) is 25.0 Å². The van der Waals surface area contributed by atoms with Gasteiger partial charge in [0.2, 0.25) is 0 Å². The van der Waals surface area contributed by atoms with Crippen LogP contribution in [0, 0.1) is 0 Å². The van der Waals surface area contributed by atoms with E-state index < -0.39 is 5.63 Å². The lowest BCUT2D eigenvalue weighted by Crippen LogP contribution is -2.36. The normalized spacial score (nSPS) is 20.1. The van der Waals surface area contributed by atoms with Gasteiger partial charge in [-0.3, -0.25) is 4.79 Å². The largest absolute Gasteiger partial charge is 0.430 e. The second-order valence-electron chi connectivity index (χ2n) is 3.51. The molecule has 0 saturated carbocycles. The summed E-state index contributed by atoms with van der Waals surface area (Å²) < 4.78 is 4.61. The second kappa shape index (κ2) is 4.27. The van der Waals surface area contributed by atoms with Crippen molar-refractivity contribution in [1.82, 2.24) is 10.6 Å². The molecule has 0 bridgehead atoms. The molecular weight excluding hydrogens is 196 g/mol. The Kier molecular flexibility index (Phi) is 2.82. The number of nitrogens with one attached hydrogen (secondary N) is 2. The Morgan fingerprint density at radius 3 is 3.00 bits per heavy atom. The van der Waals surface area contributed by atoms with Gasteiger partial charge in [0.1, 0.15) is 6.26 Å². The molecule has 0 radical (unpaired) electrons. The Morgan fingerprint density at radius 1 is 1.53 bits per heavy atom. The van der Waals surface area contributed by atoms with Gasteiger partial charge < -0.3 is 15.1 Å². The third-order valence-electron chi connectivity index (χ3n) is 2.36. The van der Waals surface area contributed by atoms with E-state index in [-0.39, 0.29) is 11.9 Å². The minimum atomic E-state index is -0.450. The van der Waals surface area contributed by atoms with Gasteiger partial charge in [-0.2, -0.15) is 0 Å². The van der Waals surface area contributed by atoms with Crippen LogP contribution in [0.3, 0.4) is 0 Å². The van der Waals surface area contributed by atoms with Crippen molar-refractivity contribution in [2.45, 2.75) is 12.5 Å². The Labute approximate surface area is 86.5 Å². The van der Waals surface area contributed by atoms with E-state index in [9.17, 15) is 9.59 Å². The highest BCUT2D eigenvalue weighted by Crippen LogP contribution is 2.00. The maximum Gasteiger partial charge on any atom is 0.335 e. The summed E-state index contributed by atoms with van der Waals surface area (Å²) in [7, 11) is 0. The standard InChI is InChI=1S/C10H12N2O3/c13-9-2-1-7(6-15-9)10(14)12-8-3-4-11-5-8/h1-2,6,8,11H,3-5H2,(H,12,14)/t8-/m0/s1. The van der Waals surface area contributed by atoms with Crippen molar-refractivity contribution in [3.8, 4) is 0 Å². The van der Waals surface area contributed by atoms with Crippen LogP contribution >= 0.6 is 0 Å². The van der Waals surface area contributed by atoms with Gasteiger partial charge in [0.15, 0.2) is 0 Å². The van der Waals surface area contributed by atoms with Crippen LogP contribution in [0.4, 0.5) is 0 Å². The minimum absolute atomic E-state index is 0.171. The predicted molar refractivity (Wildman–Crippen MR) is 53.7 cm³/mol. The molecule has 0 aliphatic carbocycles. The van der Waals surface area contributed by atoms with Crippen molar-refractivity contribution in [3.63, 3.8) is 0 Å². The molecule has 1 aromatic heterocycles. The zero-order valence-corrected chi connectivity index (χ0v) is 8.16. The quantitative estimate of drug-likeness (QED) is 0.702. The average Bonchev–Trinajstić information content (AvgIpc) is 2.71. The molecule has 1 aliphatic heterocycles. The van der Waals surface area contributed by atoms with E-state index in [1.807, 2.05) is 0 Å². The molecule has 0 aromatic carbocycles. The third kappa shape index (κ3) is 2.44. The molecule has 1 aromatic rings. The first-order valence-corrected chi connectivity index (χ1v) is 4.86. The smallest absolute Gasteiger partial charge is 0.335 e. The number of rotatable bonds is 2. The predicted octanol–water partition coefficient (Wildman–Crippen LogP) is -0.269. The summed E-state index contributed by atoms with van der Waals surface area (Å²) in [6.07, 6.45) is 2.11. The van der Waals surface area contributed by atoms with Crippen molar-refractivity contribution >= 4 is 5.91 Å². The Hall–Kier alpha value is -1.62. The van der Waals surface area contributed by atoms with E-state index in [2.05, 4.69) is 15.1 Å². The van der Waals surface area contributed by atoms with Gasteiger partial charge in [-0.05, 0) is 19.0 Å².